The summed E-state index contributed by atoms with van der Waals surface area (Å²) in [5, 5.41) is 2.81. The molecule has 2 heterocycles. The highest BCUT2D eigenvalue weighted by Crippen LogP contribution is 2.28. The Labute approximate surface area is 95.1 Å². The number of likely N-dealkylation sites (tertiary alicyclic amines) is 1. The minimum Gasteiger partial charge on any atom is -0.444 e. The SMILES string of the molecule is CC(C)(C)OC(=O)N1C[C@@H]2CNC(=O)[C@H]2C1. The quantitative estimate of drug-likeness (QED) is 0.658. The molecule has 0 aromatic rings. The summed E-state index contributed by atoms with van der Waals surface area (Å²) < 4.78 is 5.28. The van der Waals surface area contributed by atoms with E-state index in [4.69, 9.17) is 4.74 Å². The summed E-state index contributed by atoms with van der Waals surface area (Å²) in [6.45, 7) is 7.32. The molecule has 2 fully saturated rings. The van der Waals surface area contributed by atoms with Gasteiger partial charge < -0.3 is 15.0 Å². The van der Waals surface area contributed by atoms with Crippen LogP contribution in [0.25, 0.3) is 0 Å². The predicted molar refractivity (Wildman–Crippen MR) is 57.8 cm³/mol. The van der Waals surface area contributed by atoms with Crippen molar-refractivity contribution >= 4 is 12.0 Å². The van der Waals surface area contributed by atoms with Gasteiger partial charge in [-0.2, -0.15) is 0 Å². The van der Waals surface area contributed by atoms with Crippen LogP contribution >= 0.6 is 0 Å². The Bertz CT molecular complexity index is 322. The third-order valence-corrected chi connectivity index (χ3v) is 2.97. The van der Waals surface area contributed by atoms with Crippen LogP contribution in [0.4, 0.5) is 4.79 Å². The highest BCUT2D eigenvalue weighted by atomic mass is 16.6. The van der Waals surface area contributed by atoms with E-state index in [-0.39, 0.29) is 23.8 Å². The fourth-order valence-electron chi connectivity index (χ4n) is 2.21. The average molecular weight is 226 g/mol. The van der Waals surface area contributed by atoms with Gasteiger partial charge in [0.05, 0.1) is 5.92 Å². The summed E-state index contributed by atoms with van der Waals surface area (Å²) in [5.74, 6) is 0.295. The molecule has 0 aromatic carbocycles. The van der Waals surface area contributed by atoms with Crippen LogP contribution in [0.3, 0.4) is 0 Å². The Hall–Kier alpha value is -1.26. The van der Waals surface area contributed by atoms with Crippen molar-refractivity contribution in [2.75, 3.05) is 19.6 Å². The smallest absolute Gasteiger partial charge is 0.410 e. The lowest BCUT2D eigenvalue weighted by molar-refractivity contribution is -0.122. The molecular formula is C11H18N2O3. The first-order valence-corrected chi connectivity index (χ1v) is 5.62. The third kappa shape index (κ3) is 2.13. The van der Waals surface area contributed by atoms with E-state index >= 15 is 0 Å². The maximum absolute atomic E-state index is 11.8. The lowest BCUT2D eigenvalue weighted by atomic mass is 10.0. The third-order valence-electron chi connectivity index (χ3n) is 2.97. The van der Waals surface area contributed by atoms with Crippen LogP contribution in [0.1, 0.15) is 20.8 Å². The molecule has 1 N–H and O–H groups in total. The molecule has 2 atom stereocenters. The van der Waals surface area contributed by atoms with E-state index in [1.807, 2.05) is 20.8 Å². The Morgan fingerprint density at radius 2 is 2.12 bits per heavy atom. The molecule has 0 bridgehead atoms. The standard InChI is InChI=1S/C11H18N2O3/c1-11(2,3)16-10(15)13-5-7-4-12-9(14)8(7)6-13/h7-8H,4-6H2,1-3H3,(H,12,14)/t7-,8-/m0/s1. The van der Waals surface area contributed by atoms with Gasteiger partial charge in [-0.25, -0.2) is 4.79 Å². The number of carbonyl (C=O) groups is 2. The fraction of sp³-hybridized carbons (Fsp3) is 0.818. The van der Waals surface area contributed by atoms with Gasteiger partial charge in [0.1, 0.15) is 5.60 Å². The molecule has 2 rings (SSSR count). The summed E-state index contributed by atoms with van der Waals surface area (Å²) >= 11 is 0. The summed E-state index contributed by atoms with van der Waals surface area (Å²) in [6.07, 6.45) is -0.310. The number of amides is 2. The molecule has 0 spiro atoms. The van der Waals surface area contributed by atoms with Crippen LogP contribution in [0, 0.1) is 11.8 Å². The van der Waals surface area contributed by atoms with Gasteiger partial charge in [0, 0.05) is 25.6 Å². The maximum atomic E-state index is 11.8. The second-order valence-electron chi connectivity index (χ2n) is 5.50. The van der Waals surface area contributed by atoms with Crippen LogP contribution in [0.2, 0.25) is 0 Å². The topological polar surface area (TPSA) is 58.6 Å². The number of carbonyl (C=O) groups excluding carboxylic acids is 2. The van der Waals surface area contributed by atoms with Crippen LogP contribution in [-0.2, 0) is 9.53 Å². The molecule has 16 heavy (non-hydrogen) atoms. The maximum Gasteiger partial charge on any atom is 0.410 e. The number of nitrogens with one attached hydrogen (secondary N) is 1. The molecule has 2 aliphatic heterocycles. The Morgan fingerprint density at radius 1 is 1.44 bits per heavy atom. The first kappa shape index (κ1) is 11.2. The number of hydrogen-bond donors (Lipinski definition) is 1. The molecule has 2 aliphatic rings. The van der Waals surface area contributed by atoms with Gasteiger partial charge in [-0.3, -0.25) is 4.79 Å². The van der Waals surface area contributed by atoms with Crippen molar-refractivity contribution < 1.29 is 14.3 Å². The molecular weight excluding hydrogens is 208 g/mol. The molecule has 0 unspecified atom stereocenters. The average Bonchev–Trinajstić information content (AvgIpc) is 2.65. The molecule has 0 aliphatic carbocycles. The van der Waals surface area contributed by atoms with Gasteiger partial charge in [0.2, 0.25) is 5.91 Å². The predicted octanol–water partition coefficient (Wildman–Crippen LogP) is 0.599. The zero-order valence-corrected chi connectivity index (χ0v) is 9.95. The zero-order chi connectivity index (χ0) is 11.9. The molecule has 0 saturated carbocycles. The molecule has 5 nitrogen and oxygen atoms in total. The van der Waals surface area contributed by atoms with Crippen molar-refractivity contribution in [3.8, 4) is 0 Å². The van der Waals surface area contributed by atoms with Crippen LogP contribution in [0.15, 0.2) is 0 Å². The van der Waals surface area contributed by atoms with E-state index in [9.17, 15) is 9.59 Å². The Balaban J connectivity index is 1.94. The molecule has 0 aromatic heterocycles. The van der Waals surface area contributed by atoms with Crippen LogP contribution in [-0.4, -0.2) is 42.1 Å². The summed E-state index contributed by atoms with van der Waals surface area (Å²) in [7, 11) is 0. The first-order valence-electron chi connectivity index (χ1n) is 5.62. The van der Waals surface area contributed by atoms with Gasteiger partial charge in [-0.15, -0.1) is 0 Å². The normalized spacial score (nSPS) is 28.9. The van der Waals surface area contributed by atoms with E-state index in [0.29, 0.717) is 19.6 Å². The van der Waals surface area contributed by atoms with Crippen LogP contribution < -0.4 is 5.32 Å². The van der Waals surface area contributed by atoms with Crippen molar-refractivity contribution in [3.05, 3.63) is 0 Å². The Morgan fingerprint density at radius 3 is 2.69 bits per heavy atom. The lowest BCUT2D eigenvalue weighted by Crippen LogP contribution is -2.37. The van der Waals surface area contributed by atoms with Gasteiger partial charge in [0.25, 0.3) is 0 Å². The zero-order valence-electron chi connectivity index (χ0n) is 9.95. The minimum absolute atomic E-state index is 0.0347. The Kier molecular flexibility index (Phi) is 2.56. The minimum atomic E-state index is -0.475. The molecule has 90 valence electrons. The molecule has 0 radical (unpaired) electrons. The van der Waals surface area contributed by atoms with E-state index in [0.717, 1.165) is 0 Å². The first-order chi connectivity index (χ1) is 7.37. The number of hydrogen-bond acceptors (Lipinski definition) is 3. The number of fused-ring (bicyclic) bond motifs is 1. The van der Waals surface area contributed by atoms with Crippen molar-refractivity contribution in [3.63, 3.8) is 0 Å². The second kappa shape index (κ2) is 3.64. The molecule has 2 amide bonds. The molecule has 5 heteroatoms. The van der Waals surface area contributed by atoms with E-state index < -0.39 is 5.60 Å². The van der Waals surface area contributed by atoms with Crippen molar-refractivity contribution in [2.45, 2.75) is 26.4 Å². The second-order valence-corrected chi connectivity index (χ2v) is 5.50. The van der Waals surface area contributed by atoms with Crippen LogP contribution in [0.5, 0.6) is 0 Å². The summed E-state index contributed by atoms with van der Waals surface area (Å²) in [6, 6.07) is 0. The number of rotatable bonds is 0. The largest absolute Gasteiger partial charge is 0.444 e. The molecule has 2 saturated heterocycles. The monoisotopic (exact) mass is 226 g/mol. The van der Waals surface area contributed by atoms with Gasteiger partial charge in [-0.05, 0) is 20.8 Å². The highest BCUT2D eigenvalue weighted by Gasteiger charge is 2.44. The lowest BCUT2D eigenvalue weighted by Gasteiger charge is -2.24. The highest BCUT2D eigenvalue weighted by molar-refractivity contribution is 5.83. The van der Waals surface area contributed by atoms with Crippen molar-refractivity contribution in [1.29, 1.82) is 0 Å². The van der Waals surface area contributed by atoms with Gasteiger partial charge in [0.15, 0.2) is 0 Å². The van der Waals surface area contributed by atoms with Crippen molar-refractivity contribution in [1.82, 2.24) is 10.2 Å². The van der Waals surface area contributed by atoms with Gasteiger partial charge in [-0.1, -0.05) is 0 Å². The fourth-order valence-corrected chi connectivity index (χ4v) is 2.21. The summed E-state index contributed by atoms with van der Waals surface area (Å²) in [4.78, 5) is 24.8. The number of ether oxygens (including phenoxy) is 1. The van der Waals surface area contributed by atoms with E-state index in [1.165, 1.54) is 0 Å². The number of nitrogens with zero attached hydrogens (tertiary/aromatic N) is 1. The van der Waals surface area contributed by atoms with E-state index in [2.05, 4.69) is 5.32 Å². The van der Waals surface area contributed by atoms with E-state index in [1.54, 1.807) is 4.90 Å². The van der Waals surface area contributed by atoms with Crippen molar-refractivity contribution in [2.24, 2.45) is 11.8 Å². The summed E-state index contributed by atoms with van der Waals surface area (Å²) in [5.41, 5.74) is -0.475. The van der Waals surface area contributed by atoms with Gasteiger partial charge >= 0.3 is 6.09 Å².